The highest BCUT2D eigenvalue weighted by atomic mass is 16.5. The average molecular weight is 424 g/mol. The summed E-state index contributed by atoms with van der Waals surface area (Å²) in [6.07, 6.45) is 1.80. The fraction of sp³-hybridized carbons (Fsp3) is 0.107. The lowest BCUT2D eigenvalue weighted by Crippen LogP contribution is -1.98. The molecule has 0 aromatic heterocycles. The van der Waals surface area contributed by atoms with E-state index < -0.39 is 0 Å². The first-order valence-electron chi connectivity index (χ1n) is 10.4. The molecule has 0 fully saturated rings. The van der Waals surface area contributed by atoms with Crippen molar-refractivity contribution in [2.24, 2.45) is 4.99 Å². The molecule has 0 amide bonds. The molecule has 0 N–H and O–H groups in total. The van der Waals surface area contributed by atoms with Crippen molar-refractivity contribution >= 4 is 11.9 Å². The van der Waals surface area contributed by atoms with Gasteiger partial charge in [-0.2, -0.15) is 0 Å². The number of rotatable bonds is 8. The Morgan fingerprint density at radius 3 is 2.19 bits per heavy atom. The van der Waals surface area contributed by atoms with Crippen LogP contribution in [0.4, 0.5) is 5.69 Å². The minimum absolute atomic E-state index is 0.488. The van der Waals surface area contributed by atoms with Crippen LogP contribution in [0.3, 0.4) is 0 Å². The highest BCUT2D eigenvalue weighted by molar-refractivity contribution is 5.83. The van der Waals surface area contributed by atoms with Gasteiger partial charge in [-0.15, -0.1) is 0 Å². The first kappa shape index (κ1) is 21.2. The number of ether oxygens (including phenoxy) is 3. The molecule has 0 radical (unpaired) electrons. The number of nitrogens with zero attached hydrogens (tertiary/aromatic N) is 1. The molecule has 4 nitrogen and oxygen atoms in total. The molecule has 4 aromatic rings. The van der Waals surface area contributed by atoms with E-state index in [9.17, 15) is 0 Å². The van der Waals surface area contributed by atoms with Crippen LogP contribution in [0.15, 0.2) is 102 Å². The van der Waals surface area contributed by atoms with Gasteiger partial charge >= 0.3 is 0 Å². The summed E-state index contributed by atoms with van der Waals surface area (Å²) < 4.78 is 17.3. The van der Waals surface area contributed by atoms with Gasteiger partial charge in [0.15, 0.2) is 11.5 Å². The number of hydrogen-bond acceptors (Lipinski definition) is 4. The van der Waals surface area contributed by atoms with E-state index in [2.05, 4.69) is 36.2 Å². The number of benzene rings is 4. The Morgan fingerprint density at radius 2 is 1.47 bits per heavy atom. The van der Waals surface area contributed by atoms with Gasteiger partial charge in [-0.25, -0.2) is 0 Å². The monoisotopic (exact) mass is 423 g/mol. The highest BCUT2D eigenvalue weighted by Crippen LogP contribution is 2.29. The van der Waals surface area contributed by atoms with Crippen molar-refractivity contribution in [2.45, 2.75) is 13.5 Å². The van der Waals surface area contributed by atoms with Crippen molar-refractivity contribution in [1.29, 1.82) is 0 Å². The fourth-order valence-electron chi connectivity index (χ4n) is 3.10. The number of hydrogen-bond donors (Lipinski definition) is 0. The maximum atomic E-state index is 5.95. The predicted octanol–water partition coefficient (Wildman–Crippen LogP) is 7.13. The third-order valence-electron chi connectivity index (χ3n) is 4.88. The maximum absolute atomic E-state index is 5.95. The van der Waals surface area contributed by atoms with Gasteiger partial charge in [0.2, 0.25) is 0 Å². The van der Waals surface area contributed by atoms with Crippen LogP contribution >= 0.6 is 0 Å². The Kier molecular flexibility index (Phi) is 6.83. The van der Waals surface area contributed by atoms with Crippen LogP contribution in [-0.4, -0.2) is 13.3 Å². The lowest BCUT2D eigenvalue weighted by atomic mass is 10.1. The summed E-state index contributed by atoms with van der Waals surface area (Å²) in [5, 5.41) is 0. The van der Waals surface area contributed by atoms with Crippen molar-refractivity contribution < 1.29 is 14.2 Å². The minimum atomic E-state index is 0.488. The largest absolute Gasteiger partial charge is 0.493 e. The maximum Gasteiger partial charge on any atom is 0.161 e. The second-order valence-electron chi connectivity index (χ2n) is 7.35. The number of para-hydroxylation sites is 1. The van der Waals surface area contributed by atoms with Gasteiger partial charge in [0.1, 0.15) is 18.1 Å². The summed E-state index contributed by atoms with van der Waals surface area (Å²) in [5.41, 5.74) is 4.11. The van der Waals surface area contributed by atoms with Crippen LogP contribution in [0.1, 0.15) is 16.7 Å². The van der Waals surface area contributed by atoms with Crippen molar-refractivity contribution in [3.8, 4) is 23.0 Å². The van der Waals surface area contributed by atoms with Crippen LogP contribution in [0.5, 0.6) is 23.0 Å². The Morgan fingerprint density at radius 1 is 0.750 bits per heavy atom. The molecule has 0 spiro atoms. The van der Waals surface area contributed by atoms with E-state index in [0.717, 1.165) is 28.3 Å². The minimum Gasteiger partial charge on any atom is -0.493 e. The molecule has 0 bridgehead atoms. The molecule has 0 atom stereocenters. The zero-order chi connectivity index (χ0) is 22.2. The molecule has 32 heavy (non-hydrogen) atoms. The molecule has 0 aliphatic heterocycles. The van der Waals surface area contributed by atoms with E-state index >= 15 is 0 Å². The summed E-state index contributed by atoms with van der Waals surface area (Å²) in [5.74, 6) is 2.95. The predicted molar refractivity (Wildman–Crippen MR) is 129 cm³/mol. The van der Waals surface area contributed by atoms with Gasteiger partial charge < -0.3 is 14.2 Å². The first-order chi connectivity index (χ1) is 15.7. The highest BCUT2D eigenvalue weighted by Gasteiger charge is 2.06. The molecular weight excluding hydrogens is 398 g/mol. The van der Waals surface area contributed by atoms with Gasteiger partial charge in [-0.05, 0) is 72.6 Å². The van der Waals surface area contributed by atoms with Crippen LogP contribution < -0.4 is 14.2 Å². The van der Waals surface area contributed by atoms with Gasteiger partial charge in [0.05, 0.1) is 12.8 Å². The molecule has 0 aliphatic rings. The molecule has 0 saturated heterocycles. The first-order valence-corrected chi connectivity index (χ1v) is 10.4. The van der Waals surface area contributed by atoms with Crippen LogP contribution in [-0.2, 0) is 6.61 Å². The molecule has 160 valence electrons. The fourth-order valence-corrected chi connectivity index (χ4v) is 3.10. The topological polar surface area (TPSA) is 40.0 Å². The average Bonchev–Trinajstić information content (AvgIpc) is 2.84. The van der Waals surface area contributed by atoms with Crippen molar-refractivity contribution in [3.63, 3.8) is 0 Å². The molecule has 0 saturated carbocycles. The van der Waals surface area contributed by atoms with E-state index in [1.807, 2.05) is 72.8 Å². The summed E-state index contributed by atoms with van der Waals surface area (Å²) in [7, 11) is 1.64. The SMILES string of the molecule is COc1cc(C=Nc2ccc(Oc3ccccc3)cc2)ccc1OCc1ccc(C)cc1. The van der Waals surface area contributed by atoms with Crippen molar-refractivity contribution in [3.05, 3.63) is 114 Å². The van der Waals surface area contributed by atoms with E-state index in [0.29, 0.717) is 18.1 Å². The molecule has 0 unspecified atom stereocenters. The molecule has 4 rings (SSSR count). The summed E-state index contributed by atoms with van der Waals surface area (Å²) >= 11 is 0. The molecule has 0 heterocycles. The van der Waals surface area contributed by atoms with Crippen molar-refractivity contribution in [1.82, 2.24) is 0 Å². The second-order valence-corrected chi connectivity index (χ2v) is 7.35. The third kappa shape index (κ3) is 5.76. The van der Waals surface area contributed by atoms with Crippen molar-refractivity contribution in [2.75, 3.05) is 7.11 Å². The van der Waals surface area contributed by atoms with E-state index in [-0.39, 0.29) is 0 Å². The van der Waals surface area contributed by atoms with Gasteiger partial charge in [-0.3, -0.25) is 4.99 Å². The molecule has 4 heteroatoms. The number of aliphatic imine (C=N–C) groups is 1. The van der Waals surface area contributed by atoms with Gasteiger partial charge in [-0.1, -0.05) is 48.0 Å². The molecule has 0 aliphatic carbocycles. The smallest absolute Gasteiger partial charge is 0.161 e. The van der Waals surface area contributed by atoms with Gasteiger partial charge in [0, 0.05) is 6.21 Å². The lowest BCUT2D eigenvalue weighted by Gasteiger charge is -2.11. The number of methoxy groups -OCH3 is 1. The van der Waals surface area contributed by atoms with Crippen LogP contribution in [0.25, 0.3) is 0 Å². The van der Waals surface area contributed by atoms with Gasteiger partial charge in [0.25, 0.3) is 0 Å². The van der Waals surface area contributed by atoms with E-state index in [4.69, 9.17) is 14.2 Å². The normalized spacial score (nSPS) is 10.8. The Hall–Kier alpha value is -4.05. The lowest BCUT2D eigenvalue weighted by molar-refractivity contribution is 0.284. The quantitative estimate of drug-likeness (QED) is 0.283. The molecule has 4 aromatic carbocycles. The van der Waals surface area contributed by atoms with Crippen LogP contribution in [0.2, 0.25) is 0 Å². The Bertz CT molecular complexity index is 1170. The molecular formula is C28H25NO3. The van der Waals surface area contributed by atoms with E-state index in [1.165, 1.54) is 5.56 Å². The van der Waals surface area contributed by atoms with Crippen LogP contribution in [0, 0.1) is 6.92 Å². The summed E-state index contributed by atoms with van der Waals surface area (Å²) in [6.45, 7) is 2.56. The zero-order valence-electron chi connectivity index (χ0n) is 18.2. The zero-order valence-corrected chi connectivity index (χ0v) is 18.2. The second kappa shape index (κ2) is 10.3. The summed E-state index contributed by atoms with van der Waals surface area (Å²) in [4.78, 5) is 4.55. The Balaban J connectivity index is 1.39. The third-order valence-corrected chi connectivity index (χ3v) is 4.88. The number of aryl methyl sites for hydroxylation is 1. The Labute approximate surface area is 188 Å². The standard InChI is InChI=1S/C28H25NO3/c1-21-8-10-22(11-9-21)20-31-27-17-12-23(18-28(27)30-2)19-29-24-13-15-26(16-14-24)32-25-6-4-3-5-7-25/h3-19H,20H2,1-2H3. The summed E-state index contributed by atoms with van der Waals surface area (Å²) in [6, 6.07) is 31.4. The van der Waals surface area contributed by atoms with E-state index in [1.54, 1.807) is 13.3 Å².